The maximum atomic E-state index is 8.57. The van der Waals surface area contributed by atoms with Crippen LogP contribution < -0.4 is 14.2 Å². The third-order valence-corrected chi connectivity index (χ3v) is 2.00. The molecule has 0 aromatic heterocycles. The van der Waals surface area contributed by atoms with Crippen LogP contribution in [0.3, 0.4) is 0 Å². The smallest absolute Gasteiger partial charge is 0.231 e. The molecule has 1 heterocycles. The number of nitrogens with zero attached hydrogens (tertiary/aromatic N) is 1. The third-order valence-electron chi connectivity index (χ3n) is 2.00. The van der Waals surface area contributed by atoms with Crippen molar-refractivity contribution < 1.29 is 14.2 Å². The molecule has 0 radical (unpaired) electrons. The van der Waals surface area contributed by atoms with E-state index in [1.54, 1.807) is 19.2 Å². The molecule has 0 unspecified atom stereocenters. The van der Waals surface area contributed by atoms with Crippen LogP contribution in [0.5, 0.6) is 17.2 Å². The molecule has 0 saturated carbocycles. The van der Waals surface area contributed by atoms with Crippen LogP contribution in [0, 0.1) is 11.3 Å². The highest BCUT2D eigenvalue weighted by Crippen LogP contribution is 2.41. The Balaban J connectivity index is 0.000000606. The number of hydrogen-bond donors (Lipinski definition) is 0. The first-order chi connectivity index (χ1) is 7.85. The van der Waals surface area contributed by atoms with Crippen LogP contribution in [0.4, 0.5) is 0 Å². The van der Waals surface area contributed by atoms with E-state index in [1.165, 1.54) is 0 Å². The molecule has 2 rings (SSSR count). The summed E-state index contributed by atoms with van der Waals surface area (Å²) >= 11 is 0. The van der Waals surface area contributed by atoms with Gasteiger partial charge in [0.05, 0.1) is 19.6 Å². The minimum Gasteiger partial charge on any atom is -0.493 e. The molecule has 0 N–H and O–H groups in total. The Morgan fingerprint density at radius 1 is 1.38 bits per heavy atom. The van der Waals surface area contributed by atoms with E-state index in [2.05, 4.69) is 6.07 Å². The van der Waals surface area contributed by atoms with Gasteiger partial charge in [-0.15, -0.1) is 0 Å². The largest absolute Gasteiger partial charge is 0.493 e. The van der Waals surface area contributed by atoms with Gasteiger partial charge in [0.25, 0.3) is 0 Å². The van der Waals surface area contributed by atoms with E-state index >= 15 is 0 Å². The predicted molar refractivity (Wildman–Crippen MR) is 59.8 cm³/mol. The molecule has 0 atom stereocenters. The van der Waals surface area contributed by atoms with E-state index < -0.39 is 0 Å². The van der Waals surface area contributed by atoms with Gasteiger partial charge in [-0.25, -0.2) is 0 Å². The number of ether oxygens (including phenoxy) is 3. The molecule has 0 fully saturated rings. The molecule has 4 heteroatoms. The third kappa shape index (κ3) is 2.37. The van der Waals surface area contributed by atoms with Gasteiger partial charge in [-0.05, 0) is 17.7 Å². The van der Waals surface area contributed by atoms with Gasteiger partial charge < -0.3 is 14.2 Å². The molecule has 1 aliphatic rings. The lowest BCUT2D eigenvalue weighted by Gasteiger charge is -2.05. The van der Waals surface area contributed by atoms with Gasteiger partial charge in [0.15, 0.2) is 11.5 Å². The first kappa shape index (κ1) is 12.2. The minimum atomic E-state index is 0.210. The van der Waals surface area contributed by atoms with Crippen LogP contribution in [-0.2, 0) is 6.42 Å². The van der Waals surface area contributed by atoms with E-state index in [9.17, 15) is 0 Å². The van der Waals surface area contributed by atoms with Crippen molar-refractivity contribution in [3.05, 3.63) is 17.7 Å². The van der Waals surface area contributed by atoms with Gasteiger partial charge in [0.1, 0.15) is 0 Å². The van der Waals surface area contributed by atoms with Crippen LogP contribution in [-0.4, -0.2) is 13.9 Å². The molecular weight excluding hydrogens is 206 g/mol. The Morgan fingerprint density at radius 2 is 2.12 bits per heavy atom. The van der Waals surface area contributed by atoms with Crippen molar-refractivity contribution in [2.45, 2.75) is 20.3 Å². The Kier molecular flexibility index (Phi) is 4.46. The maximum absolute atomic E-state index is 8.57. The molecular formula is C12H15NO3. The standard InChI is InChI=1S/C10H9NO3.C2H6/c1-12-8-4-7(2-3-11)5-9-10(8)14-6-13-9;1-2/h4-5H,2,6H2,1H3;1-2H3. The van der Waals surface area contributed by atoms with E-state index in [0.717, 1.165) is 5.56 Å². The lowest BCUT2D eigenvalue weighted by atomic mass is 10.1. The summed E-state index contributed by atoms with van der Waals surface area (Å²) in [5, 5.41) is 8.57. The minimum absolute atomic E-state index is 0.210. The van der Waals surface area contributed by atoms with E-state index in [-0.39, 0.29) is 6.79 Å². The van der Waals surface area contributed by atoms with Crippen LogP contribution >= 0.6 is 0 Å². The Morgan fingerprint density at radius 3 is 2.75 bits per heavy atom. The Hall–Kier alpha value is -1.89. The highest BCUT2D eigenvalue weighted by atomic mass is 16.7. The van der Waals surface area contributed by atoms with Crippen LogP contribution in [0.2, 0.25) is 0 Å². The van der Waals surface area contributed by atoms with E-state index in [0.29, 0.717) is 23.7 Å². The number of benzene rings is 1. The first-order valence-corrected chi connectivity index (χ1v) is 5.18. The Bertz CT molecular complexity index is 396. The zero-order valence-corrected chi connectivity index (χ0v) is 9.74. The number of methoxy groups -OCH3 is 1. The SMILES string of the molecule is CC.COc1cc(CC#N)cc2c1OCO2. The lowest BCUT2D eigenvalue weighted by Crippen LogP contribution is -1.93. The molecule has 0 saturated heterocycles. The van der Waals surface area contributed by atoms with Crippen molar-refractivity contribution in [2.24, 2.45) is 0 Å². The quantitative estimate of drug-likeness (QED) is 0.770. The second kappa shape index (κ2) is 5.86. The van der Waals surface area contributed by atoms with Crippen molar-refractivity contribution in [3.63, 3.8) is 0 Å². The summed E-state index contributed by atoms with van der Waals surface area (Å²) < 4.78 is 15.6. The molecule has 16 heavy (non-hydrogen) atoms. The van der Waals surface area contributed by atoms with Gasteiger partial charge in [-0.1, -0.05) is 13.8 Å². The second-order valence-corrected chi connectivity index (χ2v) is 2.87. The fourth-order valence-corrected chi connectivity index (χ4v) is 1.38. The molecule has 0 spiro atoms. The van der Waals surface area contributed by atoms with Crippen LogP contribution in [0.15, 0.2) is 12.1 Å². The monoisotopic (exact) mass is 221 g/mol. The molecule has 0 amide bonds. The summed E-state index contributed by atoms with van der Waals surface area (Å²) in [5.41, 5.74) is 0.869. The van der Waals surface area contributed by atoms with Gasteiger partial charge in [-0.3, -0.25) is 0 Å². The first-order valence-electron chi connectivity index (χ1n) is 5.18. The van der Waals surface area contributed by atoms with Crippen molar-refractivity contribution in [3.8, 4) is 23.3 Å². The summed E-state index contributed by atoms with van der Waals surface area (Å²) in [6, 6.07) is 5.66. The topological polar surface area (TPSA) is 51.5 Å². The summed E-state index contributed by atoms with van der Waals surface area (Å²) in [6.07, 6.45) is 0.340. The number of rotatable bonds is 2. The summed E-state index contributed by atoms with van der Waals surface area (Å²) in [7, 11) is 1.56. The molecule has 4 nitrogen and oxygen atoms in total. The number of nitriles is 1. The summed E-state index contributed by atoms with van der Waals surface area (Å²) in [4.78, 5) is 0. The van der Waals surface area contributed by atoms with Gasteiger partial charge >= 0.3 is 0 Å². The summed E-state index contributed by atoms with van der Waals surface area (Å²) in [5.74, 6) is 1.88. The van der Waals surface area contributed by atoms with Gasteiger partial charge in [-0.2, -0.15) is 5.26 Å². The number of hydrogen-bond acceptors (Lipinski definition) is 4. The molecule has 86 valence electrons. The molecule has 1 aliphatic heterocycles. The maximum Gasteiger partial charge on any atom is 0.231 e. The van der Waals surface area contributed by atoms with Crippen molar-refractivity contribution in [1.29, 1.82) is 5.26 Å². The fraction of sp³-hybridized carbons (Fsp3) is 0.417. The number of fused-ring (bicyclic) bond motifs is 1. The molecule has 1 aromatic carbocycles. The van der Waals surface area contributed by atoms with Gasteiger partial charge in [0.2, 0.25) is 12.5 Å². The zero-order chi connectivity index (χ0) is 12.0. The summed E-state index contributed by atoms with van der Waals surface area (Å²) in [6.45, 7) is 4.21. The lowest BCUT2D eigenvalue weighted by molar-refractivity contribution is 0.171. The highest BCUT2D eigenvalue weighted by Gasteiger charge is 2.19. The fourth-order valence-electron chi connectivity index (χ4n) is 1.38. The Labute approximate surface area is 95.4 Å². The van der Waals surface area contributed by atoms with Crippen LogP contribution in [0.1, 0.15) is 19.4 Å². The second-order valence-electron chi connectivity index (χ2n) is 2.87. The van der Waals surface area contributed by atoms with E-state index in [1.807, 2.05) is 13.8 Å². The van der Waals surface area contributed by atoms with Crippen molar-refractivity contribution >= 4 is 0 Å². The van der Waals surface area contributed by atoms with Crippen molar-refractivity contribution in [2.75, 3.05) is 13.9 Å². The molecule has 0 bridgehead atoms. The normalized spacial score (nSPS) is 11.1. The van der Waals surface area contributed by atoms with Gasteiger partial charge in [0, 0.05) is 0 Å². The van der Waals surface area contributed by atoms with Crippen molar-refractivity contribution in [1.82, 2.24) is 0 Å². The van der Waals surface area contributed by atoms with Crippen LogP contribution in [0.25, 0.3) is 0 Å². The zero-order valence-electron chi connectivity index (χ0n) is 9.74. The average Bonchev–Trinajstić information content (AvgIpc) is 2.79. The predicted octanol–water partition coefficient (Wildman–Crippen LogP) is 2.52. The molecule has 1 aromatic rings. The molecule has 0 aliphatic carbocycles. The van der Waals surface area contributed by atoms with E-state index in [4.69, 9.17) is 19.5 Å². The highest BCUT2D eigenvalue weighted by molar-refractivity contribution is 5.55. The average molecular weight is 221 g/mol.